The Labute approximate surface area is 147 Å². The molecule has 1 atom stereocenters. The first-order valence-electron chi connectivity index (χ1n) is 8.31. The number of ether oxygens (including phenoxy) is 2. The summed E-state index contributed by atoms with van der Waals surface area (Å²) in [5.74, 6) is 2.00. The van der Waals surface area contributed by atoms with Crippen LogP contribution in [0.25, 0.3) is 0 Å². The van der Waals surface area contributed by atoms with Gasteiger partial charge in [-0.2, -0.15) is 0 Å². The Hall–Kier alpha value is -2.54. The highest BCUT2D eigenvalue weighted by atomic mass is 16.5. The molecular formula is C18H24N4O3. The van der Waals surface area contributed by atoms with E-state index < -0.39 is 0 Å². The van der Waals surface area contributed by atoms with Gasteiger partial charge >= 0.3 is 0 Å². The first-order valence-corrected chi connectivity index (χ1v) is 8.31. The molecule has 134 valence electrons. The van der Waals surface area contributed by atoms with Gasteiger partial charge in [-0.1, -0.05) is 0 Å². The molecular weight excluding hydrogens is 320 g/mol. The molecule has 1 saturated heterocycles. The van der Waals surface area contributed by atoms with Gasteiger partial charge in [-0.15, -0.1) is 0 Å². The van der Waals surface area contributed by atoms with Crippen molar-refractivity contribution >= 4 is 5.82 Å². The molecule has 1 unspecified atom stereocenters. The summed E-state index contributed by atoms with van der Waals surface area (Å²) < 4.78 is 12.2. The molecule has 1 fully saturated rings. The fraction of sp³-hybridized carbons (Fsp3) is 0.444. The van der Waals surface area contributed by atoms with Crippen LogP contribution in [0.4, 0.5) is 5.82 Å². The monoisotopic (exact) mass is 344 g/mol. The molecule has 0 amide bonds. The normalized spacial score (nSPS) is 17.5. The minimum Gasteiger partial charge on any atom is -0.497 e. The minimum atomic E-state index is -0.0986. The van der Waals surface area contributed by atoms with Gasteiger partial charge < -0.3 is 19.4 Å². The molecule has 25 heavy (non-hydrogen) atoms. The second kappa shape index (κ2) is 7.57. The Morgan fingerprint density at radius 2 is 1.96 bits per heavy atom. The molecule has 1 aliphatic heterocycles. The number of rotatable bonds is 6. The van der Waals surface area contributed by atoms with Crippen LogP contribution in [-0.2, 0) is 13.6 Å². The zero-order chi connectivity index (χ0) is 17.8. The summed E-state index contributed by atoms with van der Waals surface area (Å²) in [5, 5.41) is 3.28. The lowest BCUT2D eigenvalue weighted by molar-refractivity contribution is 0.326. The molecule has 0 aliphatic carbocycles. The van der Waals surface area contributed by atoms with Crippen LogP contribution in [-0.4, -0.2) is 47.8 Å². The van der Waals surface area contributed by atoms with E-state index in [1.54, 1.807) is 33.7 Å². The Kier molecular flexibility index (Phi) is 5.23. The van der Waals surface area contributed by atoms with Gasteiger partial charge in [0.15, 0.2) is 5.82 Å². The summed E-state index contributed by atoms with van der Waals surface area (Å²) >= 11 is 0. The Morgan fingerprint density at radius 3 is 2.64 bits per heavy atom. The van der Waals surface area contributed by atoms with Gasteiger partial charge in [0.05, 0.1) is 14.2 Å². The van der Waals surface area contributed by atoms with Crippen molar-refractivity contribution < 1.29 is 9.47 Å². The van der Waals surface area contributed by atoms with Crippen molar-refractivity contribution in [1.82, 2.24) is 14.5 Å². The SMILES string of the molecule is COc1cc(CN2CCC(Nc3nccn(C)c3=O)C2)cc(OC)c1. The summed E-state index contributed by atoms with van der Waals surface area (Å²) in [4.78, 5) is 18.6. The van der Waals surface area contributed by atoms with E-state index in [-0.39, 0.29) is 11.6 Å². The molecule has 2 aromatic rings. The van der Waals surface area contributed by atoms with Crippen molar-refractivity contribution in [1.29, 1.82) is 0 Å². The average molecular weight is 344 g/mol. The van der Waals surface area contributed by atoms with E-state index in [9.17, 15) is 4.79 Å². The van der Waals surface area contributed by atoms with Crippen LogP contribution in [0.2, 0.25) is 0 Å². The van der Waals surface area contributed by atoms with Crippen molar-refractivity contribution in [2.24, 2.45) is 7.05 Å². The molecule has 0 spiro atoms. The molecule has 0 radical (unpaired) electrons. The number of benzene rings is 1. The van der Waals surface area contributed by atoms with Crippen LogP contribution in [0.1, 0.15) is 12.0 Å². The smallest absolute Gasteiger partial charge is 0.293 e. The van der Waals surface area contributed by atoms with Crippen molar-refractivity contribution in [3.8, 4) is 11.5 Å². The molecule has 7 nitrogen and oxygen atoms in total. The number of hydrogen-bond donors (Lipinski definition) is 1. The first-order chi connectivity index (χ1) is 12.1. The largest absolute Gasteiger partial charge is 0.497 e. The highest BCUT2D eigenvalue weighted by Gasteiger charge is 2.23. The van der Waals surface area contributed by atoms with Crippen LogP contribution in [0.5, 0.6) is 11.5 Å². The molecule has 1 aromatic heterocycles. The van der Waals surface area contributed by atoms with Crippen molar-refractivity contribution in [3.63, 3.8) is 0 Å². The molecule has 0 saturated carbocycles. The van der Waals surface area contributed by atoms with Gasteiger partial charge in [0, 0.05) is 51.2 Å². The highest BCUT2D eigenvalue weighted by molar-refractivity contribution is 5.38. The molecule has 1 aromatic carbocycles. The van der Waals surface area contributed by atoms with Gasteiger partial charge in [0.25, 0.3) is 5.56 Å². The summed E-state index contributed by atoms with van der Waals surface area (Å²) in [5.41, 5.74) is 1.05. The molecule has 7 heteroatoms. The summed E-state index contributed by atoms with van der Waals surface area (Å²) in [6, 6.07) is 6.14. The third-order valence-corrected chi connectivity index (χ3v) is 4.45. The number of likely N-dealkylation sites (tertiary alicyclic amines) is 1. The summed E-state index contributed by atoms with van der Waals surface area (Å²) in [7, 11) is 5.04. The number of nitrogens with one attached hydrogen (secondary N) is 1. The van der Waals surface area contributed by atoms with Gasteiger partial charge in [0.2, 0.25) is 0 Å². The Balaban J connectivity index is 1.63. The summed E-state index contributed by atoms with van der Waals surface area (Å²) in [6.07, 6.45) is 4.27. The Morgan fingerprint density at radius 1 is 1.24 bits per heavy atom. The van der Waals surface area contributed by atoms with E-state index in [0.717, 1.165) is 43.1 Å². The number of hydrogen-bond acceptors (Lipinski definition) is 6. The maximum absolute atomic E-state index is 12.1. The van der Waals surface area contributed by atoms with Crippen molar-refractivity contribution in [3.05, 3.63) is 46.5 Å². The van der Waals surface area contributed by atoms with Gasteiger partial charge in [-0.3, -0.25) is 9.69 Å². The van der Waals surface area contributed by atoms with Crippen LogP contribution in [0.3, 0.4) is 0 Å². The molecule has 3 rings (SSSR count). The predicted octanol–water partition coefficient (Wildman–Crippen LogP) is 1.48. The third kappa shape index (κ3) is 4.11. The zero-order valence-corrected chi connectivity index (χ0v) is 14.9. The van der Waals surface area contributed by atoms with Gasteiger partial charge in [-0.25, -0.2) is 4.98 Å². The topological polar surface area (TPSA) is 68.6 Å². The van der Waals surface area contributed by atoms with E-state index >= 15 is 0 Å². The van der Waals surface area contributed by atoms with E-state index in [2.05, 4.69) is 15.2 Å². The molecule has 0 bridgehead atoms. The van der Waals surface area contributed by atoms with E-state index in [0.29, 0.717) is 5.82 Å². The van der Waals surface area contributed by atoms with E-state index in [1.807, 2.05) is 18.2 Å². The Bertz CT molecular complexity index is 768. The number of aromatic nitrogens is 2. The van der Waals surface area contributed by atoms with Crippen LogP contribution >= 0.6 is 0 Å². The quantitative estimate of drug-likeness (QED) is 0.856. The van der Waals surface area contributed by atoms with Crippen molar-refractivity contribution in [2.45, 2.75) is 19.0 Å². The molecule has 1 aliphatic rings. The molecule has 1 N–H and O–H groups in total. The first kappa shape index (κ1) is 17.3. The average Bonchev–Trinajstić information content (AvgIpc) is 3.05. The summed E-state index contributed by atoms with van der Waals surface area (Å²) in [6.45, 7) is 2.63. The maximum Gasteiger partial charge on any atom is 0.293 e. The fourth-order valence-electron chi connectivity index (χ4n) is 3.10. The van der Waals surface area contributed by atoms with Gasteiger partial charge in [-0.05, 0) is 24.1 Å². The van der Waals surface area contributed by atoms with Gasteiger partial charge in [0.1, 0.15) is 11.5 Å². The van der Waals surface area contributed by atoms with Crippen LogP contribution in [0, 0.1) is 0 Å². The standard InChI is InChI=1S/C18H24N4O3/c1-21-7-5-19-17(18(21)23)20-14-4-6-22(12-14)11-13-8-15(24-2)10-16(9-13)25-3/h5,7-10,14H,4,6,11-12H2,1-3H3,(H,19,20). The lowest BCUT2D eigenvalue weighted by Gasteiger charge is -2.18. The minimum absolute atomic E-state index is 0.0986. The number of aryl methyl sites for hydroxylation is 1. The third-order valence-electron chi connectivity index (χ3n) is 4.45. The number of methoxy groups -OCH3 is 2. The van der Waals surface area contributed by atoms with E-state index in [1.165, 1.54) is 4.57 Å². The molecule has 2 heterocycles. The van der Waals surface area contributed by atoms with Crippen molar-refractivity contribution in [2.75, 3.05) is 32.6 Å². The lowest BCUT2D eigenvalue weighted by atomic mass is 10.2. The second-order valence-corrected chi connectivity index (χ2v) is 6.28. The second-order valence-electron chi connectivity index (χ2n) is 6.28. The maximum atomic E-state index is 12.1. The lowest BCUT2D eigenvalue weighted by Crippen LogP contribution is -2.30. The van der Waals surface area contributed by atoms with E-state index in [4.69, 9.17) is 9.47 Å². The zero-order valence-electron chi connectivity index (χ0n) is 14.9. The highest BCUT2D eigenvalue weighted by Crippen LogP contribution is 2.24. The predicted molar refractivity (Wildman–Crippen MR) is 96.3 cm³/mol. The number of nitrogens with zero attached hydrogens (tertiary/aromatic N) is 3. The number of anilines is 1. The van der Waals surface area contributed by atoms with Crippen LogP contribution in [0.15, 0.2) is 35.4 Å². The fourth-order valence-corrected chi connectivity index (χ4v) is 3.10. The van der Waals surface area contributed by atoms with Crippen LogP contribution < -0.4 is 20.3 Å².